The average Bonchev–Trinajstić information content (AvgIpc) is 3.59. The zero-order chi connectivity index (χ0) is 26.9. The van der Waals surface area contributed by atoms with Crippen molar-refractivity contribution >= 4 is 69.9 Å². The van der Waals surface area contributed by atoms with Crippen molar-refractivity contribution < 1.29 is 25.8 Å². The van der Waals surface area contributed by atoms with Crippen molar-refractivity contribution in [3.8, 4) is 22.8 Å². The van der Waals surface area contributed by atoms with Crippen molar-refractivity contribution in [1.29, 1.82) is 0 Å². The summed E-state index contributed by atoms with van der Waals surface area (Å²) >= 11 is 1.83. The fraction of sp³-hybridized carbons (Fsp3) is 0. The molecule has 9 rings (SSSR count). The molecule has 0 fully saturated rings. The monoisotopic (exact) mass is 736 g/mol. The zero-order valence-corrected chi connectivity index (χ0v) is 25.0. The summed E-state index contributed by atoms with van der Waals surface area (Å²) in [6.45, 7) is 0. The Morgan fingerprint density at radius 2 is 1.50 bits per heavy atom. The zero-order valence-electron chi connectivity index (χ0n) is 21.9. The van der Waals surface area contributed by atoms with Crippen LogP contribution in [0.1, 0.15) is 0 Å². The molecule has 4 nitrogen and oxygen atoms in total. The Labute approximate surface area is 259 Å². The molecule has 42 heavy (non-hydrogen) atoms. The Bertz CT molecular complexity index is 2460. The SMILES string of the molecule is [Pt+2].[c-]1c(Oc2[c-]c3c(cc2)c2cc4sc5ccccc5c4cc2n2c4ccccc4nc32)cccc1-c1ccccn1. The Hall–Kier alpha value is -4.57. The largest absolute Gasteiger partial charge is 2.00 e. The van der Waals surface area contributed by atoms with Crippen LogP contribution in [0.3, 0.4) is 0 Å². The van der Waals surface area contributed by atoms with E-state index in [-0.39, 0.29) is 21.1 Å². The maximum atomic E-state index is 6.32. The third-order valence-corrected chi connectivity index (χ3v) is 8.79. The van der Waals surface area contributed by atoms with Crippen LogP contribution in [0.5, 0.6) is 11.5 Å². The quantitative estimate of drug-likeness (QED) is 0.134. The molecule has 0 N–H and O–H groups in total. The maximum Gasteiger partial charge on any atom is 2.00 e. The van der Waals surface area contributed by atoms with Gasteiger partial charge in [-0.05, 0) is 47.5 Å². The van der Waals surface area contributed by atoms with Crippen molar-refractivity contribution in [1.82, 2.24) is 14.4 Å². The van der Waals surface area contributed by atoms with Crippen LogP contribution >= 0.6 is 11.3 Å². The topological polar surface area (TPSA) is 39.4 Å². The van der Waals surface area contributed by atoms with Gasteiger partial charge in [-0.25, -0.2) is 0 Å². The molecule has 0 aliphatic carbocycles. The van der Waals surface area contributed by atoms with Gasteiger partial charge in [0, 0.05) is 43.4 Å². The molecule has 0 atom stereocenters. The molecule has 5 aromatic carbocycles. The van der Waals surface area contributed by atoms with E-state index in [2.05, 4.69) is 82.2 Å². The minimum Gasteiger partial charge on any atom is -0.497 e. The first-order chi connectivity index (χ1) is 20.3. The van der Waals surface area contributed by atoms with Gasteiger partial charge in [0.05, 0.1) is 16.7 Å². The normalized spacial score (nSPS) is 11.6. The van der Waals surface area contributed by atoms with Gasteiger partial charge in [-0.3, -0.25) is 4.98 Å². The molecule has 9 aromatic rings. The van der Waals surface area contributed by atoms with Crippen LogP contribution in [0.2, 0.25) is 0 Å². The second kappa shape index (κ2) is 9.76. The van der Waals surface area contributed by atoms with Crippen LogP contribution in [-0.4, -0.2) is 14.4 Å². The molecular weight excluding hydrogens is 718 g/mol. The molecule has 0 radical (unpaired) electrons. The molecule has 0 amide bonds. The summed E-state index contributed by atoms with van der Waals surface area (Å²) in [7, 11) is 0. The predicted octanol–water partition coefficient (Wildman–Crippen LogP) is 9.61. The number of ether oxygens (including phenoxy) is 1. The van der Waals surface area contributed by atoms with Gasteiger partial charge < -0.3 is 14.1 Å². The number of fused-ring (bicyclic) bond motifs is 11. The van der Waals surface area contributed by atoms with Crippen LogP contribution in [-0.2, 0) is 21.1 Å². The standard InChI is InChI=1S/C36H19N3OS.Pt/c1-4-14-34-26(10-1)28-20-33-27(21-35(28)41-34)25-16-15-24(19-29(25)36-38-31-12-2-3-13-32(31)39(33)36)40-23-9-7-8-22(18-23)30-11-5-6-17-37-30;/h1-17,20-21H;/q-2;+2. The van der Waals surface area contributed by atoms with Gasteiger partial charge in [0.15, 0.2) is 0 Å². The number of imidazole rings is 1. The van der Waals surface area contributed by atoms with Crippen molar-refractivity contribution in [2.75, 3.05) is 0 Å². The van der Waals surface area contributed by atoms with E-state index in [0.717, 1.165) is 44.2 Å². The number of para-hydroxylation sites is 2. The number of hydrogen-bond acceptors (Lipinski definition) is 4. The van der Waals surface area contributed by atoms with E-state index in [1.165, 1.54) is 25.6 Å². The predicted molar refractivity (Wildman–Crippen MR) is 168 cm³/mol. The second-order valence-electron chi connectivity index (χ2n) is 10.1. The second-order valence-corrected chi connectivity index (χ2v) is 11.2. The van der Waals surface area contributed by atoms with Crippen molar-refractivity contribution in [3.63, 3.8) is 0 Å². The smallest absolute Gasteiger partial charge is 0.497 e. The van der Waals surface area contributed by atoms with Crippen LogP contribution in [0.15, 0.2) is 115 Å². The number of rotatable bonds is 3. The molecule has 0 saturated carbocycles. The average molecular weight is 737 g/mol. The van der Waals surface area contributed by atoms with E-state index in [1.807, 2.05) is 59.9 Å². The molecule has 0 bridgehead atoms. The minimum atomic E-state index is 0. The van der Waals surface area contributed by atoms with Gasteiger partial charge >= 0.3 is 21.1 Å². The summed E-state index contributed by atoms with van der Waals surface area (Å²) in [5.74, 6) is 1.23. The van der Waals surface area contributed by atoms with Crippen molar-refractivity contribution in [3.05, 3.63) is 128 Å². The molecule has 4 heterocycles. The van der Waals surface area contributed by atoms with Gasteiger partial charge in [-0.15, -0.1) is 41.2 Å². The molecule has 6 heteroatoms. The molecule has 0 aliphatic heterocycles. The Kier molecular flexibility index (Phi) is 5.85. The summed E-state index contributed by atoms with van der Waals surface area (Å²) < 4.78 is 11.2. The molecule has 0 saturated heterocycles. The van der Waals surface area contributed by atoms with E-state index in [1.54, 1.807) is 6.20 Å². The Morgan fingerprint density at radius 1 is 0.643 bits per heavy atom. The third kappa shape index (κ3) is 3.85. The maximum absolute atomic E-state index is 6.32. The van der Waals surface area contributed by atoms with E-state index in [9.17, 15) is 0 Å². The molecule has 0 spiro atoms. The first-order valence-electron chi connectivity index (χ1n) is 13.4. The first-order valence-corrected chi connectivity index (χ1v) is 14.2. The summed E-state index contributed by atoms with van der Waals surface area (Å²) in [6, 6.07) is 44.3. The molecule has 0 unspecified atom stereocenters. The third-order valence-electron chi connectivity index (χ3n) is 7.66. The minimum absolute atomic E-state index is 0. The van der Waals surface area contributed by atoms with Crippen LogP contribution in [0, 0.1) is 12.1 Å². The summed E-state index contributed by atoms with van der Waals surface area (Å²) in [5, 5.41) is 5.74. The number of nitrogens with zero attached hydrogens (tertiary/aromatic N) is 3. The van der Waals surface area contributed by atoms with Crippen LogP contribution in [0.4, 0.5) is 0 Å². The Morgan fingerprint density at radius 3 is 2.43 bits per heavy atom. The van der Waals surface area contributed by atoms with Gasteiger partial charge in [0.1, 0.15) is 0 Å². The summed E-state index contributed by atoms with van der Waals surface area (Å²) in [5.41, 5.74) is 5.76. The summed E-state index contributed by atoms with van der Waals surface area (Å²) in [4.78, 5) is 9.54. The number of thiophene rings is 1. The molecule has 4 aromatic heterocycles. The van der Waals surface area contributed by atoms with E-state index < -0.39 is 0 Å². The Balaban J connectivity index is 0.00000267. The van der Waals surface area contributed by atoms with Crippen molar-refractivity contribution in [2.24, 2.45) is 0 Å². The van der Waals surface area contributed by atoms with Gasteiger partial charge in [0.2, 0.25) is 0 Å². The van der Waals surface area contributed by atoms with E-state index in [4.69, 9.17) is 9.72 Å². The molecular formula is C36H19N3OPtS. The number of aromatic nitrogens is 3. The molecule has 0 aliphatic rings. The summed E-state index contributed by atoms with van der Waals surface area (Å²) in [6.07, 6.45) is 1.78. The van der Waals surface area contributed by atoms with Gasteiger partial charge in [-0.2, -0.15) is 0 Å². The number of pyridine rings is 2. The van der Waals surface area contributed by atoms with Gasteiger partial charge in [0.25, 0.3) is 0 Å². The number of benzene rings is 5. The first kappa shape index (κ1) is 25.2. The van der Waals surface area contributed by atoms with Crippen molar-refractivity contribution in [2.45, 2.75) is 0 Å². The van der Waals surface area contributed by atoms with Crippen LogP contribution < -0.4 is 4.74 Å². The fourth-order valence-corrected chi connectivity index (χ4v) is 6.96. The van der Waals surface area contributed by atoms with Gasteiger partial charge in [-0.1, -0.05) is 71.4 Å². The van der Waals surface area contributed by atoms with E-state index in [0.29, 0.717) is 11.5 Å². The molecule has 200 valence electrons. The number of hydrogen-bond donors (Lipinski definition) is 0. The fourth-order valence-electron chi connectivity index (χ4n) is 5.83. The van der Waals surface area contributed by atoms with Crippen LogP contribution in [0.25, 0.3) is 69.8 Å². The van der Waals surface area contributed by atoms with E-state index >= 15 is 0 Å².